The quantitative estimate of drug-likeness (QED) is 0.147. The van der Waals surface area contributed by atoms with E-state index in [0.717, 1.165) is 4.90 Å². The van der Waals surface area contributed by atoms with Gasteiger partial charge < -0.3 is 31.3 Å². The Labute approximate surface area is 317 Å². The number of fused-ring (bicyclic) bond motifs is 1. The number of carbonyl (C=O) groups excluding carboxylic acids is 6. The molecular formula is C38H49F2N7O8. The van der Waals surface area contributed by atoms with Gasteiger partial charge in [0.15, 0.2) is 0 Å². The second-order valence-electron chi connectivity index (χ2n) is 14.8. The van der Waals surface area contributed by atoms with E-state index in [1.54, 1.807) is 65.0 Å². The van der Waals surface area contributed by atoms with E-state index in [4.69, 9.17) is 0 Å². The summed E-state index contributed by atoms with van der Waals surface area (Å²) in [6.07, 6.45) is 3.44. The third-order valence-corrected chi connectivity index (χ3v) is 10.1. The Hall–Kier alpha value is -5.35. The summed E-state index contributed by atoms with van der Waals surface area (Å²) in [5, 5.41) is 19.7. The van der Waals surface area contributed by atoms with Crippen LogP contribution in [-0.2, 0) is 35.2 Å². The van der Waals surface area contributed by atoms with Gasteiger partial charge in [0.2, 0.25) is 23.5 Å². The molecular weight excluding hydrogens is 720 g/mol. The van der Waals surface area contributed by atoms with Gasteiger partial charge in [0.1, 0.15) is 29.9 Å². The van der Waals surface area contributed by atoms with Gasteiger partial charge in [-0.3, -0.25) is 33.8 Å². The fourth-order valence-electron chi connectivity index (χ4n) is 7.18. The highest BCUT2D eigenvalue weighted by Gasteiger charge is 2.61. The number of aromatic nitrogens is 2. The van der Waals surface area contributed by atoms with Gasteiger partial charge in [-0.05, 0) is 36.2 Å². The van der Waals surface area contributed by atoms with Crippen LogP contribution in [0.1, 0.15) is 76.4 Å². The maximum Gasteiger partial charge on any atom is 0.326 e. The molecule has 5 N–H and O–H groups in total. The van der Waals surface area contributed by atoms with E-state index in [1.165, 1.54) is 18.6 Å². The largest absolute Gasteiger partial charge is 0.480 e. The minimum Gasteiger partial charge on any atom is -0.480 e. The van der Waals surface area contributed by atoms with Crippen molar-refractivity contribution in [3.8, 4) is 0 Å². The highest BCUT2D eigenvalue weighted by atomic mass is 19.3. The van der Waals surface area contributed by atoms with E-state index in [1.807, 2.05) is 0 Å². The number of Topliss-reactive ketones (excluding diaryl/α,β-unsaturated/α-hetero) is 1. The molecule has 15 nitrogen and oxygen atoms in total. The second-order valence-corrected chi connectivity index (χ2v) is 14.8. The molecule has 4 rings (SSSR count). The Morgan fingerprint density at radius 2 is 1.58 bits per heavy atom. The number of likely N-dealkylation sites (tertiary alicyclic amines) is 1. The summed E-state index contributed by atoms with van der Waals surface area (Å²) in [7, 11) is 0. The van der Waals surface area contributed by atoms with Crippen molar-refractivity contribution in [1.82, 2.24) is 36.1 Å². The third-order valence-electron chi connectivity index (χ3n) is 10.1. The third kappa shape index (κ3) is 10.2. The van der Waals surface area contributed by atoms with Gasteiger partial charge in [-0.15, -0.1) is 0 Å². The summed E-state index contributed by atoms with van der Waals surface area (Å²) in [5.74, 6) is -13.5. The van der Waals surface area contributed by atoms with Crippen molar-refractivity contribution in [2.75, 3.05) is 6.54 Å². The molecule has 17 heteroatoms. The van der Waals surface area contributed by atoms with Crippen molar-refractivity contribution in [3.05, 3.63) is 60.2 Å². The summed E-state index contributed by atoms with van der Waals surface area (Å²) in [6.45, 7) is 7.80. The van der Waals surface area contributed by atoms with Crippen molar-refractivity contribution >= 4 is 41.3 Å². The van der Waals surface area contributed by atoms with Crippen molar-refractivity contribution in [2.24, 2.45) is 23.7 Å². The first-order chi connectivity index (χ1) is 26.0. The number of benzene rings is 1. The lowest BCUT2D eigenvalue weighted by Crippen LogP contribution is -2.60. The lowest BCUT2D eigenvalue weighted by atomic mass is 9.91. The van der Waals surface area contributed by atoms with Gasteiger partial charge >= 0.3 is 5.97 Å². The molecule has 0 radical (unpaired) electrons. The molecule has 1 aromatic carbocycles. The number of amides is 5. The number of hydrogen-bond donors (Lipinski definition) is 5. The Bertz CT molecular complexity index is 1730. The maximum atomic E-state index is 15.2. The number of carboxylic acids is 1. The van der Waals surface area contributed by atoms with Crippen LogP contribution in [0, 0.1) is 23.7 Å². The monoisotopic (exact) mass is 769 g/mol. The Morgan fingerprint density at radius 1 is 0.909 bits per heavy atom. The normalized spacial score (nSPS) is 20.8. The molecule has 55 heavy (non-hydrogen) atoms. The fraction of sp³-hybridized carbons (Fsp3) is 0.553. The number of alkyl halides is 2. The molecule has 2 fully saturated rings. The zero-order valence-corrected chi connectivity index (χ0v) is 31.5. The van der Waals surface area contributed by atoms with Gasteiger partial charge in [0, 0.05) is 37.7 Å². The van der Waals surface area contributed by atoms with Crippen LogP contribution >= 0.6 is 0 Å². The molecule has 5 amide bonds. The number of aliphatic carboxylic acids is 1. The predicted octanol–water partition coefficient (Wildman–Crippen LogP) is 1.91. The zero-order valence-electron chi connectivity index (χ0n) is 31.5. The number of nitrogens with one attached hydrogen (secondary N) is 4. The zero-order chi connectivity index (χ0) is 40.6. The van der Waals surface area contributed by atoms with Crippen molar-refractivity contribution in [1.29, 1.82) is 0 Å². The lowest BCUT2D eigenvalue weighted by Gasteiger charge is -2.34. The van der Waals surface area contributed by atoms with Crippen LogP contribution in [0.15, 0.2) is 48.9 Å². The minimum absolute atomic E-state index is 0.0398. The fourth-order valence-corrected chi connectivity index (χ4v) is 7.18. The molecule has 1 saturated carbocycles. The van der Waals surface area contributed by atoms with Crippen LogP contribution in [0.25, 0.3) is 0 Å². The SMILES string of the molecule is CCC[C@@H](NC(=O)[C@@H]1[C@H]2CCC(F)(F)[C@H]2CN1C(=O)[C@@H](NC(=O)[C@@H](NC(=O)c1cnccn1)C(C)C)C(C)C)C(=O)C(=O)N[C@@H](Cc1ccccc1)C(=O)O. The van der Waals surface area contributed by atoms with Gasteiger partial charge in [0.25, 0.3) is 17.7 Å². The predicted molar refractivity (Wildman–Crippen MR) is 193 cm³/mol. The smallest absolute Gasteiger partial charge is 0.326 e. The number of carbonyl (C=O) groups is 7. The van der Waals surface area contributed by atoms with E-state index in [-0.39, 0.29) is 25.0 Å². The average Bonchev–Trinajstić information content (AvgIpc) is 3.68. The molecule has 0 spiro atoms. The van der Waals surface area contributed by atoms with Crippen LogP contribution in [0.5, 0.6) is 0 Å². The highest BCUT2D eigenvalue weighted by Crippen LogP contribution is 2.51. The first kappa shape index (κ1) is 42.4. The van der Waals surface area contributed by atoms with E-state index in [9.17, 15) is 38.7 Å². The Balaban J connectivity index is 1.54. The average molecular weight is 770 g/mol. The van der Waals surface area contributed by atoms with E-state index in [0.29, 0.717) is 12.0 Å². The first-order valence-electron chi connectivity index (χ1n) is 18.4. The minimum atomic E-state index is -3.20. The van der Waals surface area contributed by atoms with E-state index >= 15 is 8.78 Å². The van der Waals surface area contributed by atoms with E-state index in [2.05, 4.69) is 31.2 Å². The molecule has 298 valence electrons. The molecule has 1 aliphatic carbocycles. The number of hydrogen-bond acceptors (Lipinski definition) is 9. The number of halogens is 2. The van der Waals surface area contributed by atoms with Crippen LogP contribution in [-0.4, -0.2) is 104 Å². The van der Waals surface area contributed by atoms with Gasteiger partial charge in [-0.25, -0.2) is 18.6 Å². The number of rotatable bonds is 17. The summed E-state index contributed by atoms with van der Waals surface area (Å²) in [6, 6.07) is 1.63. The molecule has 0 bridgehead atoms. The van der Waals surface area contributed by atoms with Crippen LogP contribution in [0.2, 0.25) is 0 Å². The number of ketones is 1. The first-order valence-corrected chi connectivity index (χ1v) is 18.4. The molecule has 1 aliphatic heterocycles. The molecule has 1 saturated heterocycles. The Kier molecular flexibility index (Phi) is 14.1. The highest BCUT2D eigenvalue weighted by molar-refractivity contribution is 6.38. The molecule has 7 atom stereocenters. The van der Waals surface area contributed by atoms with Gasteiger partial charge in [-0.2, -0.15) is 0 Å². The van der Waals surface area contributed by atoms with Gasteiger partial charge in [0.05, 0.1) is 12.2 Å². The summed E-state index contributed by atoms with van der Waals surface area (Å²) in [5.41, 5.74) is 0.555. The maximum absolute atomic E-state index is 15.2. The Morgan fingerprint density at radius 3 is 2.16 bits per heavy atom. The standard InChI is InChI=1S/C38H49F2N7O8/c1-6-10-25(31(48)35(52)44-26(37(54)55)17-22-11-8-7-9-12-22)43-34(51)30-23-13-14-38(39,40)24(23)19-47(30)36(53)29(21(4)5)46-33(50)28(20(2)3)45-32(49)27-18-41-15-16-42-27/h7-9,11-12,15-16,18,20-21,23-26,28-30H,6,10,13-14,17,19H2,1-5H3,(H,43,51)(H,44,52)(H,45,49)(H,46,50)(H,54,55)/t23-,24-,25+,26-,28-,29-,30-/m0/s1. The summed E-state index contributed by atoms with van der Waals surface area (Å²) in [4.78, 5) is 102. The summed E-state index contributed by atoms with van der Waals surface area (Å²) < 4.78 is 30.4. The van der Waals surface area contributed by atoms with Crippen molar-refractivity contribution in [3.63, 3.8) is 0 Å². The van der Waals surface area contributed by atoms with Crippen LogP contribution in [0.3, 0.4) is 0 Å². The summed E-state index contributed by atoms with van der Waals surface area (Å²) >= 11 is 0. The molecule has 2 aromatic rings. The molecule has 2 aliphatic rings. The van der Waals surface area contributed by atoms with Crippen molar-refractivity contribution < 1.29 is 47.4 Å². The topological polar surface area (TPSA) is 217 Å². The molecule has 2 heterocycles. The lowest BCUT2D eigenvalue weighted by molar-refractivity contribution is -0.146. The van der Waals surface area contributed by atoms with Gasteiger partial charge in [-0.1, -0.05) is 71.4 Å². The van der Waals surface area contributed by atoms with Crippen LogP contribution in [0.4, 0.5) is 8.78 Å². The van der Waals surface area contributed by atoms with E-state index < -0.39 is 114 Å². The van der Waals surface area contributed by atoms with Crippen molar-refractivity contribution in [2.45, 2.75) is 103 Å². The molecule has 0 unspecified atom stereocenters. The van der Waals surface area contributed by atoms with Crippen LogP contribution < -0.4 is 21.3 Å². The second kappa shape index (κ2) is 18.3. The number of carboxylic acid groups (broad SMARTS) is 1. The molecule has 1 aromatic heterocycles. The number of nitrogens with zero attached hydrogens (tertiary/aromatic N) is 3.